The normalized spacial score (nSPS) is 18.1. The highest BCUT2D eigenvalue weighted by molar-refractivity contribution is 6.30. The van der Waals surface area contributed by atoms with E-state index in [1.54, 1.807) is 0 Å². The van der Waals surface area contributed by atoms with Crippen LogP contribution in [-0.2, 0) is 27.2 Å². The van der Waals surface area contributed by atoms with Crippen molar-refractivity contribution in [1.29, 1.82) is 0 Å². The Morgan fingerprint density at radius 1 is 0.973 bits per heavy atom. The van der Waals surface area contributed by atoms with Crippen LogP contribution in [0, 0.1) is 11.8 Å². The number of hydrogen-bond acceptors (Lipinski definition) is 4. The molecule has 5 nitrogen and oxygen atoms in total. The van der Waals surface area contributed by atoms with Crippen molar-refractivity contribution in [2.75, 3.05) is 13.2 Å². The predicted molar refractivity (Wildman–Crippen MR) is 150 cm³/mol. The van der Waals surface area contributed by atoms with E-state index in [0.29, 0.717) is 18.4 Å². The van der Waals surface area contributed by atoms with E-state index in [9.17, 15) is 4.79 Å². The maximum atomic E-state index is 11.9. The third kappa shape index (κ3) is 7.45. The molecular formula is C31H39ClN2O3. The number of carbonyl (C=O) groups is 1. The number of esters is 1. The van der Waals surface area contributed by atoms with Crippen LogP contribution in [0.1, 0.15) is 59.1 Å². The van der Waals surface area contributed by atoms with Gasteiger partial charge in [0.2, 0.25) is 0 Å². The summed E-state index contributed by atoms with van der Waals surface area (Å²) in [6.45, 7) is 9.39. The van der Waals surface area contributed by atoms with E-state index in [-0.39, 0.29) is 12.6 Å². The Morgan fingerprint density at radius 2 is 1.62 bits per heavy atom. The summed E-state index contributed by atoms with van der Waals surface area (Å²) >= 11 is 6.18. The van der Waals surface area contributed by atoms with Crippen LogP contribution in [0.3, 0.4) is 0 Å². The molecule has 0 aliphatic heterocycles. The van der Waals surface area contributed by atoms with Crippen LogP contribution in [0.25, 0.3) is 22.4 Å². The number of rotatable bonds is 9. The van der Waals surface area contributed by atoms with Crippen molar-refractivity contribution in [1.82, 2.24) is 9.78 Å². The van der Waals surface area contributed by atoms with E-state index in [0.717, 1.165) is 54.9 Å². The molecule has 1 fully saturated rings. The van der Waals surface area contributed by atoms with Gasteiger partial charge in [0.1, 0.15) is 17.9 Å². The smallest absolute Gasteiger partial charge is 0.332 e. The van der Waals surface area contributed by atoms with E-state index in [4.69, 9.17) is 26.2 Å². The Balaban J connectivity index is 1.43. The fourth-order valence-electron chi connectivity index (χ4n) is 5.23. The Kier molecular flexibility index (Phi) is 9.09. The third-order valence-electron chi connectivity index (χ3n) is 6.96. The van der Waals surface area contributed by atoms with Gasteiger partial charge < -0.3 is 9.47 Å². The summed E-state index contributed by atoms with van der Waals surface area (Å²) in [4.78, 5) is 11.9. The molecular weight excluding hydrogens is 484 g/mol. The molecule has 198 valence electrons. The predicted octanol–water partition coefficient (Wildman–Crippen LogP) is 7.60. The van der Waals surface area contributed by atoms with Gasteiger partial charge in [-0.15, -0.1) is 0 Å². The highest BCUT2D eigenvalue weighted by Gasteiger charge is 2.26. The summed E-state index contributed by atoms with van der Waals surface area (Å²) in [6, 6.07) is 18.5. The lowest BCUT2D eigenvalue weighted by Crippen LogP contribution is -2.28. The number of aromatic nitrogens is 2. The number of hydrogen-bond donors (Lipinski definition) is 0. The first-order valence-electron chi connectivity index (χ1n) is 13.4. The zero-order valence-corrected chi connectivity index (χ0v) is 23.3. The molecule has 0 N–H and O–H groups in total. The van der Waals surface area contributed by atoms with Crippen molar-refractivity contribution in [3.05, 3.63) is 65.3 Å². The Morgan fingerprint density at radius 3 is 2.24 bits per heavy atom. The summed E-state index contributed by atoms with van der Waals surface area (Å²) in [7, 11) is 0. The first kappa shape index (κ1) is 27.4. The molecule has 0 bridgehead atoms. The molecule has 3 aromatic rings. The highest BCUT2D eigenvalue weighted by Crippen LogP contribution is 2.37. The molecule has 1 aliphatic carbocycles. The minimum Gasteiger partial charge on any atom is -0.458 e. The zero-order chi connectivity index (χ0) is 26.4. The van der Waals surface area contributed by atoms with Gasteiger partial charge in [-0.2, -0.15) is 5.10 Å². The number of carbonyl (C=O) groups excluding carboxylic acids is 1. The largest absolute Gasteiger partial charge is 0.458 e. The molecule has 37 heavy (non-hydrogen) atoms. The summed E-state index contributed by atoms with van der Waals surface area (Å²) in [6.07, 6.45) is 5.41. The Hall–Kier alpha value is -2.63. The molecule has 0 radical (unpaired) electrons. The van der Waals surface area contributed by atoms with E-state index in [1.807, 2.05) is 32.9 Å². The second-order valence-corrected chi connectivity index (χ2v) is 11.5. The SMILES string of the molecule is CCc1c(-c2ccccc2)c(-c2ccc(Cl)cc2)nn1CC1CCC(COCC(=O)OC(C)(C)C)CC1. The summed E-state index contributed by atoms with van der Waals surface area (Å²) in [5.74, 6) is 0.776. The van der Waals surface area contributed by atoms with Gasteiger partial charge in [-0.3, -0.25) is 4.68 Å². The van der Waals surface area contributed by atoms with Crippen LogP contribution in [-0.4, -0.2) is 34.6 Å². The number of benzene rings is 2. The van der Waals surface area contributed by atoms with E-state index in [1.165, 1.54) is 16.8 Å². The molecule has 4 rings (SSSR count). The molecule has 0 atom stereocenters. The minimum atomic E-state index is -0.476. The molecule has 0 amide bonds. The fraction of sp³-hybridized carbons (Fsp3) is 0.484. The van der Waals surface area contributed by atoms with Gasteiger partial charge in [-0.05, 0) is 82.4 Å². The second-order valence-electron chi connectivity index (χ2n) is 11.1. The lowest BCUT2D eigenvalue weighted by atomic mass is 9.82. The van der Waals surface area contributed by atoms with E-state index in [2.05, 4.69) is 54.1 Å². The van der Waals surface area contributed by atoms with Gasteiger partial charge in [0.25, 0.3) is 0 Å². The molecule has 0 unspecified atom stereocenters. The molecule has 1 saturated carbocycles. The first-order valence-corrected chi connectivity index (χ1v) is 13.8. The van der Waals surface area contributed by atoms with Crippen molar-refractivity contribution >= 4 is 17.6 Å². The second kappa shape index (κ2) is 12.3. The lowest BCUT2D eigenvalue weighted by molar-refractivity contribution is -0.160. The molecule has 0 saturated heterocycles. The first-order chi connectivity index (χ1) is 17.7. The van der Waals surface area contributed by atoms with Crippen LogP contribution in [0.5, 0.6) is 0 Å². The topological polar surface area (TPSA) is 53.4 Å². The minimum absolute atomic E-state index is 0.0279. The summed E-state index contributed by atoms with van der Waals surface area (Å²) < 4.78 is 13.3. The van der Waals surface area contributed by atoms with Crippen LogP contribution < -0.4 is 0 Å². The van der Waals surface area contributed by atoms with Crippen molar-refractivity contribution < 1.29 is 14.3 Å². The number of halogens is 1. The molecule has 0 spiro atoms. The van der Waals surface area contributed by atoms with Gasteiger partial charge in [-0.1, -0.05) is 61.0 Å². The standard InChI is InChI=1S/C31H39ClN2O3/c1-5-27-29(24-9-7-6-8-10-24)30(25-15-17-26(32)18-16-25)33-34(27)19-22-11-13-23(14-12-22)20-36-21-28(35)37-31(2,3)4/h6-10,15-18,22-23H,5,11-14,19-21H2,1-4H3. The lowest BCUT2D eigenvalue weighted by Gasteiger charge is -2.28. The fourth-order valence-corrected chi connectivity index (χ4v) is 5.36. The number of ether oxygens (including phenoxy) is 2. The third-order valence-corrected chi connectivity index (χ3v) is 7.22. The monoisotopic (exact) mass is 522 g/mol. The van der Waals surface area contributed by atoms with Crippen LogP contribution in [0.4, 0.5) is 0 Å². The molecule has 1 aliphatic rings. The van der Waals surface area contributed by atoms with Crippen LogP contribution in [0.2, 0.25) is 5.02 Å². The highest BCUT2D eigenvalue weighted by atomic mass is 35.5. The maximum absolute atomic E-state index is 11.9. The molecule has 6 heteroatoms. The molecule has 1 aromatic heterocycles. The van der Waals surface area contributed by atoms with Crippen molar-refractivity contribution in [2.24, 2.45) is 11.8 Å². The average molecular weight is 523 g/mol. The van der Waals surface area contributed by atoms with E-state index >= 15 is 0 Å². The number of nitrogens with zero attached hydrogens (tertiary/aromatic N) is 2. The van der Waals surface area contributed by atoms with Gasteiger partial charge in [0, 0.05) is 28.4 Å². The average Bonchev–Trinajstić information content (AvgIpc) is 3.23. The summed E-state index contributed by atoms with van der Waals surface area (Å²) in [5.41, 5.74) is 5.32. The maximum Gasteiger partial charge on any atom is 0.332 e. The van der Waals surface area contributed by atoms with E-state index < -0.39 is 5.60 Å². The molecule has 1 heterocycles. The van der Waals surface area contributed by atoms with Crippen molar-refractivity contribution in [2.45, 2.75) is 71.9 Å². The van der Waals surface area contributed by atoms with Gasteiger partial charge in [0.05, 0.1) is 6.61 Å². The van der Waals surface area contributed by atoms with Crippen LogP contribution in [0.15, 0.2) is 54.6 Å². The summed E-state index contributed by atoms with van der Waals surface area (Å²) in [5, 5.41) is 5.89. The Bertz CT molecular complexity index is 1160. The molecule has 2 aromatic carbocycles. The zero-order valence-electron chi connectivity index (χ0n) is 22.5. The van der Waals surface area contributed by atoms with Crippen molar-refractivity contribution in [3.63, 3.8) is 0 Å². The quantitative estimate of drug-likeness (QED) is 0.271. The van der Waals surface area contributed by atoms with Gasteiger partial charge in [0.15, 0.2) is 0 Å². The van der Waals surface area contributed by atoms with Gasteiger partial charge >= 0.3 is 5.97 Å². The van der Waals surface area contributed by atoms with Crippen molar-refractivity contribution in [3.8, 4) is 22.4 Å². The Labute approximate surface area is 226 Å². The van der Waals surface area contributed by atoms with Crippen LogP contribution >= 0.6 is 11.6 Å². The van der Waals surface area contributed by atoms with Gasteiger partial charge in [-0.25, -0.2) is 4.79 Å².